The molecule has 5 rings (SSSR count). The number of para-hydroxylation sites is 1. The van der Waals surface area contributed by atoms with Crippen LogP contribution in [-0.4, -0.2) is 38.7 Å². The minimum Gasteiger partial charge on any atom is -0.351 e. The zero-order valence-corrected chi connectivity index (χ0v) is 16.4. The lowest BCUT2D eigenvalue weighted by atomic mass is 10.1. The Morgan fingerprint density at radius 1 is 1.03 bits per heavy atom. The molecule has 2 aromatic heterocycles. The summed E-state index contributed by atoms with van der Waals surface area (Å²) in [6.07, 6.45) is 8.56. The highest BCUT2D eigenvalue weighted by molar-refractivity contribution is 5.76. The van der Waals surface area contributed by atoms with E-state index in [-0.39, 0.29) is 19.3 Å². The maximum Gasteiger partial charge on any atom is 0.224 e. The first kappa shape index (κ1) is 20.5. The number of fused-ring (bicyclic) bond motifs is 1. The molecule has 0 amide bonds. The Labute approximate surface area is 176 Å². The molecule has 1 saturated carbocycles. The van der Waals surface area contributed by atoms with Crippen LogP contribution in [0.3, 0.4) is 0 Å². The highest BCUT2D eigenvalue weighted by Gasteiger charge is 2.24. The molecule has 2 fully saturated rings. The van der Waals surface area contributed by atoms with E-state index < -0.39 is 0 Å². The van der Waals surface area contributed by atoms with Gasteiger partial charge in [-0.15, -0.1) is 0 Å². The summed E-state index contributed by atoms with van der Waals surface area (Å²) in [6, 6.07) is 7.36. The van der Waals surface area contributed by atoms with Gasteiger partial charge in [0.15, 0.2) is 5.65 Å². The van der Waals surface area contributed by atoms with Crippen molar-refractivity contribution in [2.24, 2.45) is 0 Å². The van der Waals surface area contributed by atoms with Crippen LogP contribution in [0.15, 0.2) is 30.5 Å². The summed E-state index contributed by atoms with van der Waals surface area (Å²) < 4.78 is 16.4. The molecule has 1 aromatic carbocycles. The molecule has 0 unspecified atom stereocenters. The van der Waals surface area contributed by atoms with E-state index in [0.717, 1.165) is 49.9 Å². The summed E-state index contributed by atoms with van der Waals surface area (Å²) in [4.78, 5) is 14.0. The van der Waals surface area contributed by atoms with Crippen LogP contribution in [0.1, 0.15) is 52.0 Å². The third-order valence-corrected chi connectivity index (χ3v) is 5.92. The molecule has 8 heteroatoms. The number of piperidine rings is 1. The lowest BCUT2D eigenvalue weighted by Crippen LogP contribution is -2.30. The Kier molecular flexibility index (Phi) is 6.13. The fraction of sp³-hybridized carbons (Fsp3) is 0.500. The number of rotatable bonds is 5. The summed E-state index contributed by atoms with van der Waals surface area (Å²) >= 11 is 0. The number of hydrogen-bond donors (Lipinski definition) is 3. The van der Waals surface area contributed by atoms with Crippen LogP contribution in [0.4, 0.5) is 22.0 Å². The van der Waals surface area contributed by atoms with E-state index in [2.05, 4.69) is 25.5 Å². The van der Waals surface area contributed by atoms with E-state index in [1.807, 2.05) is 6.07 Å². The molecule has 7 nitrogen and oxygen atoms in total. The van der Waals surface area contributed by atoms with Crippen molar-refractivity contribution in [2.75, 3.05) is 23.7 Å². The lowest BCUT2D eigenvalue weighted by molar-refractivity contribution is 0.376. The number of hydrogen-bond acceptors (Lipinski definition) is 6. The number of nitrogens with one attached hydrogen (secondary N) is 3. The molecule has 1 saturated heterocycles. The first-order chi connectivity index (χ1) is 14.3. The number of aromatic nitrogens is 4. The predicted molar refractivity (Wildman–Crippen MR) is 119 cm³/mol. The van der Waals surface area contributed by atoms with E-state index in [9.17, 15) is 4.39 Å². The fourth-order valence-electron chi connectivity index (χ4n) is 4.40. The maximum atomic E-state index is 14.2. The smallest absolute Gasteiger partial charge is 0.224 e. The van der Waals surface area contributed by atoms with Crippen LogP contribution in [0.25, 0.3) is 11.2 Å². The average Bonchev–Trinajstić information content (AvgIpc) is 3.37. The van der Waals surface area contributed by atoms with Gasteiger partial charge < -0.3 is 16.0 Å². The summed E-state index contributed by atoms with van der Waals surface area (Å²) in [7, 11) is 0. The summed E-state index contributed by atoms with van der Waals surface area (Å²) in [5.41, 5.74) is 1.93. The Bertz CT molecular complexity index is 990. The number of imidazole rings is 1. The molecular weight excluding hydrogens is 381 g/mol. The van der Waals surface area contributed by atoms with Gasteiger partial charge in [0.25, 0.3) is 0 Å². The van der Waals surface area contributed by atoms with E-state index in [4.69, 9.17) is 9.97 Å². The van der Waals surface area contributed by atoms with Gasteiger partial charge in [-0.1, -0.05) is 32.4 Å². The summed E-state index contributed by atoms with van der Waals surface area (Å²) in [6.45, 7) is 1.89. The van der Waals surface area contributed by atoms with Gasteiger partial charge >= 0.3 is 0 Å². The van der Waals surface area contributed by atoms with E-state index in [1.165, 1.54) is 18.9 Å². The second-order valence-corrected chi connectivity index (χ2v) is 7.92. The number of halogens is 1. The lowest BCUT2D eigenvalue weighted by Gasteiger charge is -2.26. The highest BCUT2D eigenvalue weighted by atomic mass is 19.1. The van der Waals surface area contributed by atoms with Gasteiger partial charge in [0.05, 0.1) is 11.9 Å². The van der Waals surface area contributed by atoms with Gasteiger partial charge in [0, 0.05) is 12.1 Å². The van der Waals surface area contributed by atoms with Crippen LogP contribution in [0.5, 0.6) is 0 Å². The standard InChI is InChI=1S/C21H26FN7.CH4/c22-16-7-3-4-8-17(16)26-21-27-18-13-24-20(25-14-5-1-2-6-14)28-19(18)29(21)15-9-11-23-12-10-15;/h3-4,7-8,13-15,23H,1-2,5-6,9-12H2,(H,26,27)(H,24,25,28);1H4. The SMILES string of the molecule is C.Fc1ccccc1Nc1nc2cnc(NC3CCCC3)nc2n1C1CCNCC1. The Balaban J connectivity index is 0.00000218. The van der Waals surface area contributed by atoms with Crippen molar-refractivity contribution in [3.63, 3.8) is 0 Å². The van der Waals surface area contributed by atoms with Crippen LogP contribution in [0, 0.1) is 5.82 Å². The first-order valence-corrected chi connectivity index (χ1v) is 10.5. The van der Waals surface area contributed by atoms with Gasteiger partial charge in [0.2, 0.25) is 11.9 Å². The third kappa shape index (κ3) is 4.09. The number of benzene rings is 1. The topological polar surface area (TPSA) is 79.7 Å². The fourth-order valence-corrected chi connectivity index (χ4v) is 4.40. The van der Waals surface area contributed by atoms with Crippen molar-refractivity contribution in [2.45, 2.75) is 58.0 Å². The largest absolute Gasteiger partial charge is 0.351 e. The zero-order valence-electron chi connectivity index (χ0n) is 16.4. The minimum absolute atomic E-state index is 0. The Morgan fingerprint density at radius 2 is 1.80 bits per heavy atom. The molecule has 30 heavy (non-hydrogen) atoms. The van der Waals surface area contributed by atoms with Crippen molar-refractivity contribution in [3.8, 4) is 0 Å². The normalized spacial score (nSPS) is 17.8. The second kappa shape index (κ2) is 8.95. The molecule has 0 radical (unpaired) electrons. The maximum absolute atomic E-state index is 14.2. The van der Waals surface area contributed by atoms with Crippen molar-refractivity contribution in [3.05, 3.63) is 36.3 Å². The first-order valence-electron chi connectivity index (χ1n) is 10.5. The van der Waals surface area contributed by atoms with Crippen molar-refractivity contribution < 1.29 is 4.39 Å². The monoisotopic (exact) mass is 411 g/mol. The molecule has 0 spiro atoms. The Morgan fingerprint density at radius 3 is 2.57 bits per heavy atom. The van der Waals surface area contributed by atoms with Gasteiger partial charge in [-0.2, -0.15) is 4.98 Å². The second-order valence-electron chi connectivity index (χ2n) is 7.92. The summed E-state index contributed by atoms with van der Waals surface area (Å²) in [5.74, 6) is 0.965. The molecule has 0 bridgehead atoms. The third-order valence-electron chi connectivity index (χ3n) is 5.92. The van der Waals surface area contributed by atoms with Crippen LogP contribution >= 0.6 is 0 Å². The van der Waals surface area contributed by atoms with Gasteiger partial charge in [-0.25, -0.2) is 14.4 Å². The minimum atomic E-state index is -0.300. The van der Waals surface area contributed by atoms with E-state index in [0.29, 0.717) is 23.6 Å². The van der Waals surface area contributed by atoms with Gasteiger partial charge in [-0.3, -0.25) is 4.57 Å². The van der Waals surface area contributed by atoms with Gasteiger partial charge in [-0.05, 0) is 50.9 Å². The van der Waals surface area contributed by atoms with Crippen molar-refractivity contribution in [1.29, 1.82) is 0 Å². The molecule has 3 aromatic rings. The number of nitrogens with zero attached hydrogens (tertiary/aromatic N) is 4. The van der Waals surface area contributed by atoms with Crippen LogP contribution < -0.4 is 16.0 Å². The average molecular weight is 412 g/mol. The van der Waals surface area contributed by atoms with Crippen LogP contribution in [0.2, 0.25) is 0 Å². The van der Waals surface area contributed by atoms with Gasteiger partial charge in [0.1, 0.15) is 11.3 Å². The molecule has 2 aliphatic rings. The van der Waals surface area contributed by atoms with E-state index >= 15 is 0 Å². The number of anilines is 3. The predicted octanol–water partition coefficient (Wildman–Crippen LogP) is 4.62. The summed E-state index contributed by atoms with van der Waals surface area (Å²) in [5, 5.41) is 10.1. The zero-order chi connectivity index (χ0) is 19.6. The highest BCUT2D eigenvalue weighted by Crippen LogP contribution is 2.31. The van der Waals surface area contributed by atoms with Crippen LogP contribution in [-0.2, 0) is 0 Å². The van der Waals surface area contributed by atoms with Crippen molar-refractivity contribution in [1.82, 2.24) is 24.8 Å². The molecular formula is C22H30FN7. The Hall–Kier alpha value is -2.74. The quantitative estimate of drug-likeness (QED) is 0.568. The molecule has 3 N–H and O–H groups in total. The van der Waals surface area contributed by atoms with E-state index in [1.54, 1.807) is 18.3 Å². The molecule has 1 aliphatic carbocycles. The van der Waals surface area contributed by atoms with Crippen molar-refractivity contribution >= 4 is 28.7 Å². The molecule has 0 atom stereocenters. The molecule has 160 valence electrons. The molecule has 3 heterocycles. The molecule has 1 aliphatic heterocycles.